The zero-order chi connectivity index (χ0) is 10.9. The SMILES string of the molecule is CC1(C2CCNCC2)CCC(=O)NC1=O. The predicted molar refractivity (Wildman–Crippen MR) is 56.1 cm³/mol. The molecule has 2 aliphatic heterocycles. The molecular weight excluding hydrogens is 192 g/mol. The first kappa shape index (κ1) is 10.6. The van der Waals surface area contributed by atoms with Gasteiger partial charge in [0.2, 0.25) is 11.8 Å². The largest absolute Gasteiger partial charge is 0.317 e. The highest BCUT2D eigenvalue weighted by molar-refractivity contribution is 6.00. The predicted octanol–water partition coefficient (Wildman–Crippen LogP) is 0.429. The Bertz CT molecular complexity index is 284. The van der Waals surface area contributed by atoms with Crippen LogP contribution in [0.4, 0.5) is 0 Å². The number of hydrogen-bond donors (Lipinski definition) is 2. The average Bonchev–Trinajstić information content (AvgIpc) is 2.25. The molecule has 1 atom stereocenters. The van der Waals surface area contributed by atoms with Crippen molar-refractivity contribution in [3.63, 3.8) is 0 Å². The summed E-state index contributed by atoms with van der Waals surface area (Å²) < 4.78 is 0. The molecule has 0 bridgehead atoms. The van der Waals surface area contributed by atoms with Gasteiger partial charge in [0.1, 0.15) is 0 Å². The molecule has 4 nitrogen and oxygen atoms in total. The molecule has 2 saturated heterocycles. The van der Waals surface area contributed by atoms with Gasteiger partial charge in [-0.05, 0) is 38.3 Å². The van der Waals surface area contributed by atoms with Crippen molar-refractivity contribution in [3.05, 3.63) is 0 Å². The first-order valence-corrected chi connectivity index (χ1v) is 5.68. The molecule has 2 fully saturated rings. The van der Waals surface area contributed by atoms with Gasteiger partial charge in [0.25, 0.3) is 0 Å². The van der Waals surface area contributed by atoms with Crippen LogP contribution in [0.3, 0.4) is 0 Å². The Morgan fingerprint density at radius 3 is 2.53 bits per heavy atom. The molecule has 0 radical (unpaired) electrons. The van der Waals surface area contributed by atoms with Crippen molar-refractivity contribution in [1.29, 1.82) is 0 Å². The van der Waals surface area contributed by atoms with Crippen LogP contribution in [0.1, 0.15) is 32.6 Å². The second kappa shape index (κ2) is 3.93. The van der Waals surface area contributed by atoms with Gasteiger partial charge in [0.05, 0.1) is 5.41 Å². The van der Waals surface area contributed by atoms with E-state index >= 15 is 0 Å². The highest BCUT2D eigenvalue weighted by Gasteiger charge is 2.44. The summed E-state index contributed by atoms with van der Waals surface area (Å²) in [7, 11) is 0. The zero-order valence-electron chi connectivity index (χ0n) is 9.14. The summed E-state index contributed by atoms with van der Waals surface area (Å²) in [4.78, 5) is 23.0. The molecule has 0 saturated carbocycles. The lowest BCUT2D eigenvalue weighted by atomic mass is 9.68. The number of amides is 2. The van der Waals surface area contributed by atoms with Crippen molar-refractivity contribution in [2.75, 3.05) is 13.1 Å². The van der Waals surface area contributed by atoms with Crippen molar-refractivity contribution in [2.45, 2.75) is 32.6 Å². The monoisotopic (exact) mass is 210 g/mol. The lowest BCUT2D eigenvalue weighted by Crippen LogP contribution is -2.52. The third-order valence-corrected chi connectivity index (χ3v) is 3.88. The fourth-order valence-electron chi connectivity index (χ4n) is 2.67. The number of piperidine rings is 2. The molecule has 15 heavy (non-hydrogen) atoms. The molecule has 0 aromatic carbocycles. The third kappa shape index (κ3) is 1.91. The normalized spacial score (nSPS) is 33.9. The second-order valence-corrected chi connectivity index (χ2v) is 4.82. The Labute approximate surface area is 89.8 Å². The van der Waals surface area contributed by atoms with Gasteiger partial charge < -0.3 is 5.32 Å². The fraction of sp³-hybridized carbons (Fsp3) is 0.818. The van der Waals surface area contributed by atoms with Crippen LogP contribution in [0.2, 0.25) is 0 Å². The quantitative estimate of drug-likeness (QED) is 0.617. The number of carbonyl (C=O) groups excluding carboxylic acids is 2. The standard InChI is InChI=1S/C11H18N2O2/c1-11(8-3-6-12-7-4-8)5-2-9(14)13-10(11)15/h8,12H,2-7H2,1H3,(H,13,14,15). The average molecular weight is 210 g/mol. The van der Waals surface area contributed by atoms with Crippen molar-refractivity contribution in [2.24, 2.45) is 11.3 Å². The molecule has 0 aliphatic carbocycles. The summed E-state index contributed by atoms with van der Waals surface area (Å²) in [6.45, 7) is 3.98. The first-order valence-electron chi connectivity index (χ1n) is 5.68. The highest BCUT2D eigenvalue weighted by Crippen LogP contribution is 2.39. The molecule has 1 unspecified atom stereocenters. The van der Waals surface area contributed by atoms with Gasteiger partial charge >= 0.3 is 0 Å². The highest BCUT2D eigenvalue weighted by atomic mass is 16.2. The lowest BCUT2D eigenvalue weighted by molar-refractivity contribution is -0.144. The lowest BCUT2D eigenvalue weighted by Gasteiger charge is -2.40. The Morgan fingerprint density at radius 2 is 1.93 bits per heavy atom. The Morgan fingerprint density at radius 1 is 1.27 bits per heavy atom. The van der Waals surface area contributed by atoms with E-state index in [1.807, 2.05) is 6.92 Å². The molecular formula is C11H18N2O2. The van der Waals surface area contributed by atoms with E-state index in [4.69, 9.17) is 0 Å². The maximum absolute atomic E-state index is 11.9. The van der Waals surface area contributed by atoms with Crippen LogP contribution in [0.5, 0.6) is 0 Å². The van der Waals surface area contributed by atoms with Crippen molar-refractivity contribution in [3.8, 4) is 0 Å². The maximum Gasteiger partial charge on any atom is 0.232 e. The molecule has 84 valence electrons. The van der Waals surface area contributed by atoms with E-state index in [0.29, 0.717) is 18.8 Å². The van der Waals surface area contributed by atoms with E-state index in [1.165, 1.54) is 0 Å². The van der Waals surface area contributed by atoms with E-state index in [1.54, 1.807) is 0 Å². The molecule has 2 amide bonds. The van der Waals surface area contributed by atoms with Crippen LogP contribution < -0.4 is 10.6 Å². The van der Waals surface area contributed by atoms with Crippen LogP contribution in [-0.4, -0.2) is 24.9 Å². The van der Waals surface area contributed by atoms with Crippen molar-refractivity contribution < 1.29 is 9.59 Å². The van der Waals surface area contributed by atoms with Crippen LogP contribution in [0, 0.1) is 11.3 Å². The number of carbonyl (C=O) groups is 2. The summed E-state index contributed by atoms with van der Waals surface area (Å²) in [5.74, 6) is 0.240. The van der Waals surface area contributed by atoms with Gasteiger partial charge in [0, 0.05) is 6.42 Å². The molecule has 0 spiro atoms. The van der Waals surface area contributed by atoms with E-state index < -0.39 is 0 Å². The number of nitrogens with one attached hydrogen (secondary N) is 2. The van der Waals surface area contributed by atoms with E-state index in [-0.39, 0.29) is 17.2 Å². The summed E-state index contributed by atoms with van der Waals surface area (Å²) in [5.41, 5.74) is -0.323. The Kier molecular flexibility index (Phi) is 2.78. The van der Waals surface area contributed by atoms with E-state index in [2.05, 4.69) is 10.6 Å². The van der Waals surface area contributed by atoms with Crippen molar-refractivity contribution in [1.82, 2.24) is 10.6 Å². The van der Waals surface area contributed by atoms with Gasteiger partial charge in [-0.25, -0.2) is 0 Å². The zero-order valence-corrected chi connectivity index (χ0v) is 9.14. The van der Waals surface area contributed by atoms with Gasteiger partial charge in [-0.15, -0.1) is 0 Å². The summed E-state index contributed by atoms with van der Waals surface area (Å²) >= 11 is 0. The topological polar surface area (TPSA) is 58.2 Å². The minimum Gasteiger partial charge on any atom is -0.317 e. The molecule has 2 heterocycles. The van der Waals surface area contributed by atoms with Crippen molar-refractivity contribution >= 4 is 11.8 Å². The van der Waals surface area contributed by atoms with Crippen LogP contribution in [0.25, 0.3) is 0 Å². The summed E-state index contributed by atoms with van der Waals surface area (Å²) in [6, 6.07) is 0. The van der Waals surface area contributed by atoms with Gasteiger partial charge in [-0.2, -0.15) is 0 Å². The molecule has 4 heteroatoms. The van der Waals surface area contributed by atoms with Crippen LogP contribution >= 0.6 is 0 Å². The maximum atomic E-state index is 11.9. The Hall–Kier alpha value is -0.900. The summed E-state index contributed by atoms with van der Waals surface area (Å²) in [5, 5.41) is 5.76. The number of hydrogen-bond acceptors (Lipinski definition) is 3. The Balaban J connectivity index is 2.10. The van der Waals surface area contributed by atoms with Gasteiger partial charge in [0.15, 0.2) is 0 Å². The van der Waals surface area contributed by atoms with Crippen LogP contribution in [-0.2, 0) is 9.59 Å². The molecule has 2 rings (SSSR count). The number of imide groups is 1. The molecule has 2 aliphatic rings. The van der Waals surface area contributed by atoms with E-state index in [0.717, 1.165) is 25.9 Å². The second-order valence-electron chi connectivity index (χ2n) is 4.82. The third-order valence-electron chi connectivity index (χ3n) is 3.88. The first-order chi connectivity index (χ1) is 7.13. The smallest absolute Gasteiger partial charge is 0.232 e. The summed E-state index contributed by atoms with van der Waals surface area (Å²) in [6.07, 6.45) is 3.28. The molecule has 0 aromatic heterocycles. The van der Waals surface area contributed by atoms with Gasteiger partial charge in [-0.1, -0.05) is 6.92 Å². The molecule has 2 N–H and O–H groups in total. The minimum absolute atomic E-state index is 0.0642. The van der Waals surface area contributed by atoms with Crippen LogP contribution in [0.15, 0.2) is 0 Å². The number of rotatable bonds is 1. The van der Waals surface area contributed by atoms with Gasteiger partial charge in [-0.3, -0.25) is 14.9 Å². The minimum atomic E-state index is -0.323. The van der Waals surface area contributed by atoms with E-state index in [9.17, 15) is 9.59 Å². The fourth-order valence-corrected chi connectivity index (χ4v) is 2.67. The molecule has 0 aromatic rings.